The van der Waals surface area contributed by atoms with E-state index in [2.05, 4.69) is 0 Å². The van der Waals surface area contributed by atoms with E-state index in [1.54, 1.807) is 6.08 Å². The molecule has 2 heterocycles. The van der Waals surface area contributed by atoms with Gasteiger partial charge in [0.2, 0.25) is 0 Å². The van der Waals surface area contributed by atoms with Crippen LogP contribution in [0.5, 0.6) is 0 Å². The van der Waals surface area contributed by atoms with Crippen LogP contribution < -0.4 is 0 Å². The fourth-order valence-electron chi connectivity index (χ4n) is 3.07. The molecule has 0 amide bonds. The molecule has 3 atom stereocenters. The van der Waals surface area contributed by atoms with Crippen molar-refractivity contribution in [2.45, 2.75) is 31.2 Å². The van der Waals surface area contributed by atoms with Crippen molar-refractivity contribution in [2.24, 2.45) is 11.8 Å². The van der Waals surface area contributed by atoms with E-state index in [1.807, 2.05) is 13.0 Å². The van der Waals surface area contributed by atoms with Gasteiger partial charge in [-0.25, -0.2) is 4.79 Å². The van der Waals surface area contributed by atoms with E-state index in [4.69, 9.17) is 14.2 Å². The highest BCUT2D eigenvalue weighted by Gasteiger charge is 2.54. The number of esters is 1. The Balaban J connectivity index is 1.94. The zero-order valence-electron chi connectivity index (χ0n) is 10.4. The molecule has 5 heteroatoms. The molecule has 5 nitrogen and oxygen atoms in total. The lowest BCUT2D eigenvalue weighted by atomic mass is 9.79. The number of allylic oxidation sites excluding steroid dienone is 1. The SMILES string of the molecule is C[C@H]1/C=C\[C@@]2(O)C(=O)OC[C@@H]2CC2(C1)OCCO2. The molecule has 1 aliphatic carbocycles. The van der Waals surface area contributed by atoms with Crippen molar-refractivity contribution in [3.63, 3.8) is 0 Å². The Hall–Kier alpha value is -0.910. The standard InChI is InChI=1S/C13H18O5/c1-9-2-3-13(15)10(8-16-11(13)14)7-12(6-9)17-4-5-18-12/h2-3,9-10,15H,4-8H2,1H3/b3-2-/t9-,10-,13-/m0/s1. The van der Waals surface area contributed by atoms with E-state index < -0.39 is 17.4 Å². The van der Waals surface area contributed by atoms with Crippen molar-refractivity contribution in [3.8, 4) is 0 Å². The second-order valence-corrected chi connectivity index (χ2v) is 5.47. The maximum absolute atomic E-state index is 11.7. The maximum Gasteiger partial charge on any atom is 0.342 e. The van der Waals surface area contributed by atoms with Gasteiger partial charge in [0, 0.05) is 18.8 Å². The Morgan fingerprint density at radius 1 is 1.33 bits per heavy atom. The first kappa shape index (κ1) is 12.1. The number of cyclic esters (lactones) is 1. The van der Waals surface area contributed by atoms with Crippen molar-refractivity contribution >= 4 is 5.97 Å². The second kappa shape index (κ2) is 4.05. The summed E-state index contributed by atoms with van der Waals surface area (Å²) in [6, 6.07) is 0. The van der Waals surface area contributed by atoms with Gasteiger partial charge in [0.1, 0.15) is 0 Å². The van der Waals surface area contributed by atoms with Crippen LogP contribution in [0.15, 0.2) is 12.2 Å². The molecule has 0 aromatic heterocycles. The zero-order valence-corrected chi connectivity index (χ0v) is 10.4. The highest BCUT2D eigenvalue weighted by Crippen LogP contribution is 2.42. The summed E-state index contributed by atoms with van der Waals surface area (Å²) in [5.41, 5.74) is -1.52. The van der Waals surface area contributed by atoms with Gasteiger partial charge in [-0.15, -0.1) is 0 Å². The van der Waals surface area contributed by atoms with Gasteiger partial charge < -0.3 is 19.3 Å². The number of carbonyl (C=O) groups excluding carboxylic acids is 1. The van der Waals surface area contributed by atoms with Crippen molar-refractivity contribution in [1.82, 2.24) is 0 Å². The van der Waals surface area contributed by atoms with Gasteiger partial charge in [-0.05, 0) is 12.0 Å². The van der Waals surface area contributed by atoms with E-state index in [9.17, 15) is 9.90 Å². The number of hydrogen-bond acceptors (Lipinski definition) is 5. The van der Waals surface area contributed by atoms with Crippen LogP contribution in [0.1, 0.15) is 19.8 Å². The van der Waals surface area contributed by atoms with Gasteiger partial charge >= 0.3 is 5.97 Å². The summed E-state index contributed by atoms with van der Waals surface area (Å²) in [6.45, 7) is 3.38. The highest BCUT2D eigenvalue weighted by atomic mass is 16.7. The van der Waals surface area contributed by atoms with Crippen molar-refractivity contribution in [3.05, 3.63) is 12.2 Å². The number of hydrogen-bond donors (Lipinski definition) is 1. The molecule has 3 aliphatic rings. The quantitative estimate of drug-likeness (QED) is 0.507. The summed E-state index contributed by atoms with van der Waals surface area (Å²) in [4.78, 5) is 11.7. The predicted octanol–water partition coefficient (Wildman–Crippen LogP) is 0.620. The van der Waals surface area contributed by atoms with E-state index >= 15 is 0 Å². The molecule has 0 saturated carbocycles. The molecule has 3 rings (SSSR count). The summed E-state index contributed by atoms with van der Waals surface area (Å²) in [5.74, 6) is -1.35. The number of aliphatic hydroxyl groups is 1. The second-order valence-electron chi connectivity index (χ2n) is 5.47. The minimum Gasteiger partial charge on any atom is -0.463 e. The Morgan fingerprint density at radius 2 is 2.06 bits per heavy atom. The zero-order chi connectivity index (χ0) is 12.8. The number of ether oxygens (including phenoxy) is 3. The van der Waals surface area contributed by atoms with Crippen LogP contribution in [0, 0.1) is 11.8 Å². The third-order valence-corrected chi connectivity index (χ3v) is 4.05. The first-order valence-electron chi connectivity index (χ1n) is 6.41. The lowest BCUT2D eigenvalue weighted by molar-refractivity contribution is -0.188. The fraction of sp³-hybridized carbons (Fsp3) is 0.769. The van der Waals surface area contributed by atoms with Crippen LogP contribution in [0.4, 0.5) is 0 Å². The molecule has 0 radical (unpaired) electrons. The molecule has 0 aromatic rings. The molecule has 0 bridgehead atoms. The molecule has 2 aliphatic heterocycles. The lowest BCUT2D eigenvalue weighted by Crippen LogP contribution is -2.46. The molecule has 1 spiro atoms. The van der Waals surface area contributed by atoms with Gasteiger partial charge in [0.05, 0.1) is 19.8 Å². The molecule has 1 N–H and O–H groups in total. The normalized spacial score (nSPS) is 44.2. The van der Waals surface area contributed by atoms with Crippen LogP contribution in [-0.2, 0) is 19.0 Å². The Labute approximate surface area is 106 Å². The average molecular weight is 254 g/mol. The minimum absolute atomic E-state index is 0.182. The topological polar surface area (TPSA) is 65.0 Å². The van der Waals surface area contributed by atoms with Crippen LogP contribution in [0.3, 0.4) is 0 Å². The number of rotatable bonds is 0. The molecule has 0 aromatic carbocycles. The largest absolute Gasteiger partial charge is 0.463 e. The van der Waals surface area contributed by atoms with Gasteiger partial charge in [-0.1, -0.05) is 13.0 Å². The van der Waals surface area contributed by atoms with Crippen LogP contribution in [-0.4, -0.2) is 42.3 Å². The van der Waals surface area contributed by atoms with Crippen molar-refractivity contribution in [2.75, 3.05) is 19.8 Å². The molecular weight excluding hydrogens is 236 g/mol. The summed E-state index contributed by atoms with van der Waals surface area (Å²) in [6.07, 6.45) is 4.67. The summed E-state index contributed by atoms with van der Waals surface area (Å²) in [5, 5.41) is 10.5. The fourth-order valence-corrected chi connectivity index (χ4v) is 3.07. The van der Waals surface area contributed by atoms with Gasteiger partial charge in [-0.3, -0.25) is 0 Å². The Bertz CT molecular complexity index is 385. The summed E-state index contributed by atoms with van der Waals surface area (Å²) < 4.78 is 16.5. The predicted molar refractivity (Wildman–Crippen MR) is 61.6 cm³/mol. The molecule has 2 fully saturated rings. The molecule has 100 valence electrons. The van der Waals surface area contributed by atoms with Crippen LogP contribution in [0.25, 0.3) is 0 Å². The van der Waals surface area contributed by atoms with E-state index in [1.165, 1.54) is 0 Å². The molecular formula is C13H18O5. The highest BCUT2D eigenvalue weighted by molar-refractivity contribution is 5.84. The number of carbonyl (C=O) groups is 1. The lowest BCUT2D eigenvalue weighted by Gasteiger charge is -2.36. The maximum atomic E-state index is 11.7. The van der Waals surface area contributed by atoms with E-state index in [0.717, 1.165) is 6.42 Å². The van der Waals surface area contributed by atoms with Crippen molar-refractivity contribution in [1.29, 1.82) is 0 Å². The van der Waals surface area contributed by atoms with E-state index in [0.29, 0.717) is 19.6 Å². The molecule has 2 saturated heterocycles. The molecule has 18 heavy (non-hydrogen) atoms. The van der Waals surface area contributed by atoms with Crippen LogP contribution in [0.2, 0.25) is 0 Å². The third kappa shape index (κ3) is 1.77. The van der Waals surface area contributed by atoms with Crippen molar-refractivity contribution < 1.29 is 24.1 Å². The molecule has 0 unspecified atom stereocenters. The first-order valence-corrected chi connectivity index (χ1v) is 6.41. The summed E-state index contributed by atoms with van der Waals surface area (Å²) in [7, 11) is 0. The van der Waals surface area contributed by atoms with E-state index in [-0.39, 0.29) is 18.4 Å². The Morgan fingerprint density at radius 3 is 2.78 bits per heavy atom. The number of fused-ring (bicyclic) bond motifs is 1. The van der Waals surface area contributed by atoms with Gasteiger partial charge in [0.15, 0.2) is 11.4 Å². The average Bonchev–Trinajstić information content (AvgIpc) is 2.87. The van der Waals surface area contributed by atoms with Gasteiger partial charge in [0.25, 0.3) is 0 Å². The summed E-state index contributed by atoms with van der Waals surface area (Å²) >= 11 is 0. The van der Waals surface area contributed by atoms with Gasteiger partial charge in [-0.2, -0.15) is 0 Å². The monoisotopic (exact) mass is 254 g/mol. The minimum atomic E-state index is -1.52. The van der Waals surface area contributed by atoms with Crippen LogP contribution >= 0.6 is 0 Å². The smallest absolute Gasteiger partial charge is 0.342 e. The third-order valence-electron chi connectivity index (χ3n) is 4.05. The first-order chi connectivity index (χ1) is 8.54. The Kier molecular flexibility index (Phi) is 2.73.